The minimum Gasteiger partial charge on any atom is -0.480 e. The number of methoxy groups -OCH3 is 1. The van der Waals surface area contributed by atoms with Crippen LogP contribution in [0.25, 0.3) is 0 Å². The number of aromatic nitrogens is 2. The summed E-state index contributed by atoms with van der Waals surface area (Å²) in [6.45, 7) is 4.00. The van der Waals surface area contributed by atoms with Gasteiger partial charge in [-0.1, -0.05) is 13.8 Å². The lowest BCUT2D eigenvalue weighted by Crippen LogP contribution is -1.79. The van der Waals surface area contributed by atoms with Crippen molar-refractivity contribution >= 4 is 0 Å². The number of aromatic amines is 1. The zero-order chi connectivity index (χ0) is 8.69. The van der Waals surface area contributed by atoms with Crippen LogP contribution in [0.1, 0.15) is 19.5 Å². The number of hydrogen-bond acceptors (Lipinski definition) is 3. The molecule has 1 aromatic heterocycles. The molecule has 0 fully saturated rings. The van der Waals surface area contributed by atoms with Gasteiger partial charge in [0.1, 0.15) is 11.8 Å². The van der Waals surface area contributed by atoms with Gasteiger partial charge in [0, 0.05) is 6.07 Å². The van der Waals surface area contributed by atoms with Gasteiger partial charge in [-0.3, -0.25) is 5.10 Å². The zero-order valence-electron chi connectivity index (χ0n) is 6.88. The highest BCUT2D eigenvalue weighted by molar-refractivity contribution is 5.24. The summed E-state index contributed by atoms with van der Waals surface area (Å²) in [5.41, 5.74) is 0.409. The van der Waals surface area contributed by atoms with Crippen molar-refractivity contribution in [3.05, 3.63) is 11.8 Å². The second kappa shape index (κ2) is 5.30. The predicted molar refractivity (Wildman–Crippen MR) is 41.2 cm³/mol. The molecule has 0 aliphatic carbocycles. The van der Waals surface area contributed by atoms with Crippen LogP contribution >= 0.6 is 0 Å². The lowest BCUT2D eigenvalue weighted by Gasteiger charge is -1.84. The van der Waals surface area contributed by atoms with Crippen molar-refractivity contribution in [3.8, 4) is 11.9 Å². The molecule has 4 nitrogen and oxygen atoms in total. The van der Waals surface area contributed by atoms with Crippen LogP contribution in [0.5, 0.6) is 5.88 Å². The Labute approximate surface area is 65.8 Å². The molecular formula is C7H11N3O. The van der Waals surface area contributed by atoms with E-state index in [9.17, 15) is 0 Å². The van der Waals surface area contributed by atoms with E-state index < -0.39 is 0 Å². The first kappa shape index (κ1) is 9.50. The molecule has 0 radical (unpaired) electrons. The van der Waals surface area contributed by atoms with Crippen LogP contribution in [0.15, 0.2) is 6.07 Å². The molecule has 0 unspecified atom stereocenters. The highest BCUT2D eigenvalue weighted by Gasteiger charge is 1.95. The minimum atomic E-state index is 0.409. The molecule has 0 spiro atoms. The van der Waals surface area contributed by atoms with Gasteiger partial charge in [0.05, 0.1) is 7.11 Å². The molecule has 0 aliphatic heterocycles. The third-order valence-corrected chi connectivity index (χ3v) is 0.884. The molecule has 1 heterocycles. The van der Waals surface area contributed by atoms with Crippen LogP contribution in [-0.2, 0) is 0 Å². The average Bonchev–Trinajstić information content (AvgIpc) is 2.55. The number of nitriles is 1. The van der Waals surface area contributed by atoms with Crippen molar-refractivity contribution in [3.63, 3.8) is 0 Å². The van der Waals surface area contributed by atoms with Crippen molar-refractivity contribution < 1.29 is 4.74 Å². The minimum absolute atomic E-state index is 0.409. The molecule has 0 saturated heterocycles. The normalized spacial score (nSPS) is 7.45. The average molecular weight is 153 g/mol. The fraction of sp³-hybridized carbons (Fsp3) is 0.429. The molecule has 60 valence electrons. The van der Waals surface area contributed by atoms with Crippen LogP contribution in [0.4, 0.5) is 0 Å². The summed E-state index contributed by atoms with van der Waals surface area (Å²) >= 11 is 0. The van der Waals surface area contributed by atoms with Gasteiger partial charge < -0.3 is 4.74 Å². The first-order valence-electron chi connectivity index (χ1n) is 3.36. The monoisotopic (exact) mass is 153 g/mol. The van der Waals surface area contributed by atoms with Gasteiger partial charge in [-0.05, 0) is 0 Å². The van der Waals surface area contributed by atoms with Crippen LogP contribution < -0.4 is 4.74 Å². The topological polar surface area (TPSA) is 61.7 Å². The van der Waals surface area contributed by atoms with Crippen molar-refractivity contribution in [2.75, 3.05) is 7.11 Å². The molecule has 0 bridgehead atoms. The Hall–Kier alpha value is -1.50. The van der Waals surface area contributed by atoms with E-state index in [1.165, 1.54) is 13.2 Å². The fourth-order valence-electron chi connectivity index (χ4n) is 0.465. The molecular weight excluding hydrogens is 142 g/mol. The fourth-order valence-corrected chi connectivity index (χ4v) is 0.465. The quantitative estimate of drug-likeness (QED) is 0.661. The maximum absolute atomic E-state index is 8.27. The van der Waals surface area contributed by atoms with Crippen LogP contribution in [0.2, 0.25) is 0 Å². The largest absolute Gasteiger partial charge is 0.480 e. The molecule has 11 heavy (non-hydrogen) atoms. The van der Waals surface area contributed by atoms with E-state index in [-0.39, 0.29) is 0 Å². The number of nitrogens with zero attached hydrogens (tertiary/aromatic N) is 2. The Bertz CT molecular complexity index is 236. The maximum atomic E-state index is 8.27. The van der Waals surface area contributed by atoms with E-state index in [1.54, 1.807) is 0 Å². The number of H-pyrrole nitrogens is 1. The number of hydrogen-bond donors (Lipinski definition) is 1. The first-order valence-corrected chi connectivity index (χ1v) is 3.36. The van der Waals surface area contributed by atoms with Crippen molar-refractivity contribution in [1.29, 1.82) is 5.26 Å². The van der Waals surface area contributed by atoms with Gasteiger partial charge in [-0.15, -0.1) is 5.10 Å². The molecule has 0 saturated carbocycles. The van der Waals surface area contributed by atoms with Crippen LogP contribution in [-0.4, -0.2) is 17.3 Å². The number of ether oxygens (including phenoxy) is 1. The molecule has 1 N–H and O–H groups in total. The summed E-state index contributed by atoms with van der Waals surface area (Å²) < 4.78 is 4.70. The summed E-state index contributed by atoms with van der Waals surface area (Å²) in [4.78, 5) is 0. The summed E-state index contributed by atoms with van der Waals surface area (Å²) in [6.07, 6.45) is 0. The number of rotatable bonds is 1. The molecule has 0 aliphatic rings. The van der Waals surface area contributed by atoms with E-state index in [0.717, 1.165) is 0 Å². The van der Waals surface area contributed by atoms with E-state index in [1.807, 2.05) is 19.9 Å². The summed E-state index contributed by atoms with van der Waals surface area (Å²) in [7, 11) is 1.50. The zero-order valence-corrected chi connectivity index (χ0v) is 6.88. The van der Waals surface area contributed by atoms with Crippen LogP contribution in [0, 0.1) is 11.3 Å². The molecule has 0 amide bonds. The van der Waals surface area contributed by atoms with Gasteiger partial charge in [-0.25, -0.2) is 0 Å². The standard InChI is InChI=1S/C5H5N3O.C2H6/c1-9-5-2-4(3-6)7-8-5;1-2/h2H,1H3,(H,7,8);1-2H3. The summed E-state index contributed by atoms with van der Waals surface area (Å²) in [5, 5.41) is 14.4. The lowest BCUT2D eigenvalue weighted by molar-refractivity contribution is 0.397. The van der Waals surface area contributed by atoms with E-state index >= 15 is 0 Å². The molecule has 0 aromatic carbocycles. The Balaban J connectivity index is 0.000000461. The van der Waals surface area contributed by atoms with E-state index in [2.05, 4.69) is 10.2 Å². The highest BCUT2D eigenvalue weighted by Crippen LogP contribution is 2.04. The summed E-state index contributed by atoms with van der Waals surface area (Å²) in [6, 6.07) is 3.41. The third-order valence-electron chi connectivity index (χ3n) is 0.884. The molecule has 4 heteroatoms. The van der Waals surface area contributed by atoms with Gasteiger partial charge in [-0.2, -0.15) is 5.26 Å². The third kappa shape index (κ3) is 2.72. The van der Waals surface area contributed by atoms with Crippen molar-refractivity contribution in [2.24, 2.45) is 0 Å². The smallest absolute Gasteiger partial charge is 0.233 e. The Morgan fingerprint density at radius 2 is 2.27 bits per heavy atom. The van der Waals surface area contributed by atoms with Crippen LogP contribution in [0.3, 0.4) is 0 Å². The summed E-state index contributed by atoms with van der Waals surface area (Å²) in [5.74, 6) is 0.437. The molecule has 0 atom stereocenters. The van der Waals surface area contributed by atoms with Crippen molar-refractivity contribution in [1.82, 2.24) is 10.2 Å². The van der Waals surface area contributed by atoms with Crippen molar-refractivity contribution in [2.45, 2.75) is 13.8 Å². The second-order valence-corrected chi connectivity index (χ2v) is 1.44. The van der Waals surface area contributed by atoms with Gasteiger partial charge in [0.2, 0.25) is 5.88 Å². The predicted octanol–water partition coefficient (Wildman–Crippen LogP) is 1.32. The maximum Gasteiger partial charge on any atom is 0.233 e. The molecule has 1 rings (SSSR count). The lowest BCUT2D eigenvalue weighted by atomic mass is 10.5. The highest BCUT2D eigenvalue weighted by atomic mass is 16.5. The van der Waals surface area contributed by atoms with E-state index in [4.69, 9.17) is 10.00 Å². The second-order valence-electron chi connectivity index (χ2n) is 1.44. The van der Waals surface area contributed by atoms with Gasteiger partial charge in [0.15, 0.2) is 0 Å². The SMILES string of the molecule is CC.COc1cc(C#N)[nH]n1. The number of nitrogens with one attached hydrogen (secondary N) is 1. The first-order chi connectivity index (χ1) is 5.36. The Morgan fingerprint density at radius 3 is 2.55 bits per heavy atom. The van der Waals surface area contributed by atoms with Gasteiger partial charge in [0.25, 0.3) is 0 Å². The van der Waals surface area contributed by atoms with E-state index in [0.29, 0.717) is 11.6 Å². The van der Waals surface area contributed by atoms with Gasteiger partial charge >= 0.3 is 0 Å². The Kier molecular flexibility index (Phi) is 4.58. The molecule has 1 aromatic rings. The Morgan fingerprint density at radius 1 is 1.64 bits per heavy atom.